The van der Waals surface area contributed by atoms with E-state index in [1.807, 2.05) is 6.92 Å². The van der Waals surface area contributed by atoms with Gasteiger partial charge in [0.15, 0.2) is 0 Å². The van der Waals surface area contributed by atoms with Gasteiger partial charge < -0.3 is 25.0 Å². The highest BCUT2D eigenvalue weighted by Gasteiger charge is 2.24. The van der Waals surface area contributed by atoms with Gasteiger partial charge in [-0.3, -0.25) is 4.79 Å². The molecular weight excluding hydrogens is 469 g/mol. The van der Waals surface area contributed by atoms with Crippen LogP contribution in [-0.2, 0) is 4.74 Å². The lowest BCUT2D eigenvalue weighted by atomic mass is 10.1. The number of benzene rings is 1. The predicted octanol–water partition coefficient (Wildman–Crippen LogP) is 4.26. The minimum Gasteiger partial charge on any atom is -0.488 e. The Kier molecular flexibility index (Phi) is 7.12. The Balaban J connectivity index is 1.40. The highest BCUT2D eigenvalue weighted by atomic mass is 32.1. The fraction of sp³-hybridized carbons (Fsp3) is 0.480. The van der Waals surface area contributed by atoms with E-state index >= 15 is 0 Å². The zero-order valence-electron chi connectivity index (χ0n) is 20.0. The average molecular weight is 500 g/mol. The molecule has 3 aromatic rings. The van der Waals surface area contributed by atoms with Crippen LogP contribution in [0.3, 0.4) is 0 Å². The molecule has 0 bridgehead atoms. The van der Waals surface area contributed by atoms with Crippen LogP contribution in [0.4, 0.5) is 15.9 Å². The average Bonchev–Trinajstić information content (AvgIpc) is 3.20. The summed E-state index contributed by atoms with van der Waals surface area (Å²) in [5.41, 5.74) is 1.44. The fourth-order valence-electron chi connectivity index (χ4n) is 4.58. The summed E-state index contributed by atoms with van der Waals surface area (Å²) in [5, 5.41) is 7.28. The molecule has 8 nitrogen and oxygen atoms in total. The molecule has 2 aromatic heterocycles. The first-order valence-electron chi connectivity index (χ1n) is 12.0. The molecule has 0 unspecified atom stereocenters. The van der Waals surface area contributed by atoms with Crippen LogP contribution in [-0.4, -0.2) is 66.3 Å². The Morgan fingerprint density at radius 1 is 1.20 bits per heavy atom. The van der Waals surface area contributed by atoms with Crippen molar-refractivity contribution in [3.8, 4) is 5.75 Å². The standard InChI is InChI=1S/C25H30FN5O3S/c1-15-21-23(30-19-4-3-16(26)13-20(19)34-18-7-11-33-12-8-18)27-14-28-25(21)35-22(15)24(32)29-17-5-9-31(2)10-6-17/h3-4,13-14,17-18H,5-12H2,1-2H3,(H,29,32)(H,27,28,30). The minimum absolute atomic E-state index is 0.0331. The van der Waals surface area contributed by atoms with Crippen molar-refractivity contribution in [2.75, 3.05) is 38.7 Å². The third kappa shape index (κ3) is 5.39. The van der Waals surface area contributed by atoms with Gasteiger partial charge in [0, 0.05) is 24.9 Å². The second kappa shape index (κ2) is 10.4. The minimum atomic E-state index is -0.370. The van der Waals surface area contributed by atoms with Gasteiger partial charge in [0.2, 0.25) is 0 Å². The number of carbonyl (C=O) groups is 1. The van der Waals surface area contributed by atoms with Crippen LogP contribution in [0.5, 0.6) is 5.75 Å². The summed E-state index contributed by atoms with van der Waals surface area (Å²) >= 11 is 1.36. The number of carbonyl (C=O) groups excluding carboxylic acids is 1. The van der Waals surface area contributed by atoms with E-state index in [0.717, 1.165) is 54.6 Å². The van der Waals surface area contributed by atoms with Gasteiger partial charge in [-0.05, 0) is 57.6 Å². The third-order valence-corrected chi connectivity index (χ3v) is 7.84. The molecule has 5 rings (SSSR count). The molecule has 2 aliphatic heterocycles. The smallest absolute Gasteiger partial charge is 0.261 e. The second-order valence-electron chi connectivity index (χ2n) is 9.20. The third-order valence-electron chi connectivity index (χ3n) is 6.65. The predicted molar refractivity (Wildman–Crippen MR) is 134 cm³/mol. The summed E-state index contributed by atoms with van der Waals surface area (Å²) in [7, 11) is 2.10. The maximum absolute atomic E-state index is 14.1. The van der Waals surface area contributed by atoms with Crippen molar-refractivity contribution in [3.05, 3.63) is 40.8 Å². The Labute approximate surface area is 207 Å². The molecule has 35 heavy (non-hydrogen) atoms. The van der Waals surface area contributed by atoms with Crippen molar-refractivity contribution < 1.29 is 18.7 Å². The molecule has 0 saturated carbocycles. The Morgan fingerprint density at radius 2 is 1.97 bits per heavy atom. The lowest BCUT2D eigenvalue weighted by Gasteiger charge is -2.29. The number of aryl methyl sites for hydroxylation is 1. The largest absolute Gasteiger partial charge is 0.488 e. The normalized spacial score (nSPS) is 18.0. The number of hydrogen-bond donors (Lipinski definition) is 2. The van der Waals surface area contributed by atoms with Gasteiger partial charge in [-0.1, -0.05) is 0 Å². The quantitative estimate of drug-likeness (QED) is 0.524. The fourth-order valence-corrected chi connectivity index (χ4v) is 5.64. The van der Waals surface area contributed by atoms with E-state index in [9.17, 15) is 9.18 Å². The molecule has 2 saturated heterocycles. The monoisotopic (exact) mass is 499 g/mol. The molecule has 2 N–H and O–H groups in total. The number of hydrogen-bond acceptors (Lipinski definition) is 8. The van der Waals surface area contributed by atoms with Crippen LogP contribution in [0.15, 0.2) is 24.5 Å². The highest BCUT2D eigenvalue weighted by Crippen LogP contribution is 2.37. The first-order valence-corrected chi connectivity index (χ1v) is 12.8. The zero-order valence-corrected chi connectivity index (χ0v) is 20.8. The van der Waals surface area contributed by atoms with Crippen molar-refractivity contribution in [2.24, 2.45) is 0 Å². The number of fused-ring (bicyclic) bond motifs is 1. The Morgan fingerprint density at radius 3 is 2.74 bits per heavy atom. The van der Waals surface area contributed by atoms with E-state index < -0.39 is 0 Å². The molecule has 1 aromatic carbocycles. The van der Waals surface area contributed by atoms with E-state index in [4.69, 9.17) is 9.47 Å². The van der Waals surface area contributed by atoms with Gasteiger partial charge in [0.25, 0.3) is 5.91 Å². The SMILES string of the molecule is Cc1c(C(=O)NC2CCN(C)CC2)sc2ncnc(Nc3ccc(F)cc3OC3CCOCC3)c12. The van der Waals surface area contributed by atoms with Crippen LogP contribution in [0.25, 0.3) is 10.2 Å². The van der Waals surface area contributed by atoms with Crippen LogP contribution in [0.1, 0.15) is 40.9 Å². The Hall–Kier alpha value is -2.82. The summed E-state index contributed by atoms with van der Waals surface area (Å²) < 4.78 is 25.6. The number of nitrogens with zero attached hydrogens (tertiary/aromatic N) is 3. The van der Waals surface area contributed by atoms with Crippen molar-refractivity contribution in [1.29, 1.82) is 0 Å². The van der Waals surface area contributed by atoms with Gasteiger partial charge >= 0.3 is 0 Å². The molecule has 0 radical (unpaired) electrons. The first-order chi connectivity index (χ1) is 17.0. The van der Waals surface area contributed by atoms with Crippen LogP contribution >= 0.6 is 11.3 Å². The topological polar surface area (TPSA) is 88.6 Å². The van der Waals surface area contributed by atoms with Gasteiger partial charge in [-0.2, -0.15) is 0 Å². The lowest BCUT2D eigenvalue weighted by Crippen LogP contribution is -2.43. The number of nitrogens with one attached hydrogen (secondary N) is 2. The van der Waals surface area contributed by atoms with E-state index in [-0.39, 0.29) is 23.9 Å². The molecule has 0 atom stereocenters. The number of amides is 1. The number of likely N-dealkylation sites (tertiary alicyclic amines) is 1. The van der Waals surface area contributed by atoms with Crippen molar-refractivity contribution >= 4 is 39.0 Å². The van der Waals surface area contributed by atoms with E-state index in [1.165, 1.54) is 29.8 Å². The Bertz CT molecular complexity index is 1210. The summed E-state index contributed by atoms with van der Waals surface area (Å²) in [5.74, 6) is 0.545. The molecule has 186 valence electrons. The van der Waals surface area contributed by atoms with Crippen molar-refractivity contribution in [2.45, 2.75) is 44.8 Å². The number of anilines is 2. The number of aromatic nitrogens is 2. The molecule has 0 spiro atoms. The number of thiophene rings is 1. The highest BCUT2D eigenvalue weighted by molar-refractivity contribution is 7.20. The first kappa shape index (κ1) is 23.9. The van der Waals surface area contributed by atoms with Crippen LogP contribution in [0, 0.1) is 12.7 Å². The number of rotatable bonds is 6. The molecule has 2 aliphatic rings. The van der Waals surface area contributed by atoms with Crippen LogP contribution < -0.4 is 15.4 Å². The molecule has 2 fully saturated rings. The maximum Gasteiger partial charge on any atom is 0.261 e. The number of ether oxygens (including phenoxy) is 2. The van der Waals surface area contributed by atoms with Crippen LogP contribution in [0.2, 0.25) is 0 Å². The summed E-state index contributed by atoms with van der Waals surface area (Å²) in [6.07, 6.45) is 4.84. The number of halogens is 1. The summed E-state index contributed by atoms with van der Waals surface area (Å²) in [4.78, 5) is 25.6. The van der Waals surface area contributed by atoms with E-state index in [2.05, 4.69) is 32.5 Å². The molecular formula is C25H30FN5O3S. The zero-order chi connectivity index (χ0) is 24.4. The van der Waals surface area contributed by atoms with Gasteiger partial charge in [0.05, 0.1) is 29.2 Å². The maximum atomic E-state index is 14.1. The number of piperidine rings is 1. The van der Waals surface area contributed by atoms with Gasteiger partial charge in [-0.15, -0.1) is 11.3 Å². The summed E-state index contributed by atoms with van der Waals surface area (Å²) in [6.45, 7) is 5.14. The van der Waals surface area contributed by atoms with Gasteiger partial charge in [0.1, 0.15) is 34.6 Å². The lowest BCUT2D eigenvalue weighted by molar-refractivity contribution is 0.0257. The molecule has 4 heterocycles. The van der Waals surface area contributed by atoms with E-state index in [0.29, 0.717) is 35.3 Å². The van der Waals surface area contributed by atoms with Crippen molar-refractivity contribution in [3.63, 3.8) is 0 Å². The molecule has 1 amide bonds. The molecule has 0 aliphatic carbocycles. The summed E-state index contributed by atoms with van der Waals surface area (Å²) in [6, 6.07) is 4.60. The van der Waals surface area contributed by atoms with E-state index in [1.54, 1.807) is 6.07 Å². The van der Waals surface area contributed by atoms with Crippen molar-refractivity contribution in [1.82, 2.24) is 20.2 Å². The second-order valence-corrected chi connectivity index (χ2v) is 10.2. The molecule has 10 heteroatoms. The van der Waals surface area contributed by atoms with Gasteiger partial charge in [-0.25, -0.2) is 14.4 Å².